The van der Waals surface area contributed by atoms with E-state index in [1.54, 1.807) is 0 Å². The van der Waals surface area contributed by atoms with Crippen molar-refractivity contribution in [2.75, 3.05) is 0 Å². The zero-order valence-electron chi connectivity index (χ0n) is 8.48. The lowest BCUT2D eigenvalue weighted by Crippen LogP contribution is -2.11. The molecule has 0 radical (unpaired) electrons. The Bertz CT molecular complexity index is 324. The molecule has 0 saturated carbocycles. The topological polar surface area (TPSA) is 20.2 Å². The fraction of sp³-hybridized carbons (Fsp3) is 0.455. The summed E-state index contributed by atoms with van der Waals surface area (Å²) < 4.78 is 0.956. The zero-order valence-corrected chi connectivity index (χ0v) is 10.1. The van der Waals surface area contributed by atoms with E-state index >= 15 is 0 Å². The Morgan fingerprint density at radius 2 is 1.77 bits per heavy atom. The van der Waals surface area contributed by atoms with Crippen LogP contribution in [0.2, 0.25) is 0 Å². The molecule has 0 amide bonds. The standard InChI is InChI=1S/C11H15BrO/c1-7-9(12)6-5-8(10(7)13)11(2,3)4/h5-6,13H,1-4H3. The van der Waals surface area contributed by atoms with Crippen LogP contribution in [0.15, 0.2) is 16.6 Å². The van der Waals surface area contributed by atoms with E-state index in [1.807, 2.05) is 19.1 Å². The lowest BCUT2D eigenvalue weighted by molar-refractivity contribution is 0.442. The largest absolute Gasteiger partial charge is 0.507 e. The molecule has 0 fully saturated rings. The van der Waals surface area contributed by atoms with Gasteiger partial charge in [-0.1, -0.05) is 42.8 Å². The molecule has 72 valence electrons. The van der Waals surface area contributed by atoms with E-state index in [0.717, 1.165) is 15.6 Å². The number of benzene rings is 1. The molecule has 0 heterocycles. The minimum atomic E-state index is -0.00442. The number of hydrogen-bond donors (Lipinski definition) is 1. The number of halogens is 1. The number of phenolic OH excluding ortho intramolecular Hbond substituents is 1. The Hall–Kier alpha value is -0.500. The minimum absolute atomic E-state index is 0.00442. The quantitative estimate of drug-likeness (QED) is 0.735. The average molecular weight is 243 g/mol. The Morgan fingerprint density at radius 1 is 1.23 bits per heavy atom. The van der Waals surface area contributed by atoms with E-state index in [4.69, 9.17) is 0 Å². The van der Waals surface area contributed by atoms with E-state index in [9.17, 15) is 5.11 Å². The molecule has 0 aliphatic rings. The van der Waals surface area contributed by atoms with Gasteiger partial charge in [0.1, 0.15) is 5.75 Å². The highest BCUT2D eigenvalue weighted by Crippen LogP contribution is 2.35. The van der Waals surface area contributed by atoms with Crippen LogP contribution in [0.1, 0.15) is 31.9 Å². The van der Waals surface area contributed by atoms with Gasteiger partial charge in [0.2, 0.25) is 0 Å². The molecular formula is C11H15BrO. The molecule has 1 nitrogen and oxygen atoms in total. The van der Waals surface area contributed by atoms with Crippen molar-refractivity contribution in [2.24, 2.45) is 0 Å². The Balaban J connectivity index is 3.35. The number of rotatable bonds is 0. The van der Waals surface area contributed by atoms with Crippen LogP contribution in [0, 0.1) is 6.92 Å². The molecule has 0 aliphatic heterocycles. The number of aromatic hydroxyl groups is 1. The molecule has 13 heavy (non-hydrogen) atoms. The summed E-state index contributed by atoms with van der Waals surface area (Å²) in [4.78, 5) is 0. The third-order valence-corrected chi connectivity index (χ3v) is 3.03. The summed E-state index contributed by atoms with van der Waals surface area (Å²) in [7, 11) is 0. The maximum absolute atomic E-state index is 9.88. The van der Waals surface area contributed by atoms with Gasteiger partial charge in [0, 0.05) is 10.0 Å². The third kappa shape index (κ3) is 2.05. The van der Waals surface area contributed by atoms with Crippen molar-refractivity contribution in [1.82, 2.24) is 0 Å². The second-order valence-electron chi connectivity index (χ2n) is 4.32. The predicted molar refractivity (Wildman–Crippen MR) is 59.2 cm³/mol. The van der Waals surface area contributed by atoms with E-state index < -0.39 is 0 Å². The van der Waals surface area contributed by atoms with Crippen molar-refractivity contribution >= 4 is 15.9 Å². The van der Waals surface area contributed by atoms with Crippen molar-refractivity contribution in [3.05, 3.63) is 27.7 Å². The summed E-state index contributed by atoms with van der Waals surface area (Å²) in [5, 5.41) is 9.88. The van der Waals surface area contributed by atoms with Crippen LogP contribution in [0.4, 0.5) is 0 Å². The van der Waals surface area contributed by atoms with E-state index in [-0.39, 0.29) is 5.41 Å². The predicted octanol–water partition coefficient (Wildman–Crippen LogP) is 3.76. The smallest absolute Gasteiger partial charge is 0.123 e. The average Bonchev–Trinajstić information content (AvgIpc) is 1.98. The van der Waals surface area contributed by atoms with Crippen LogP contribution in [-0.4, -0.2) is 5.11 Å². The van der Waals surface area contributed by atoms with Crippen LogP contribution >= 0.6 is 15.9 Å². The first-order valence-corrected chi connectivity index (χ1v) is 5.12. The van der Waals surface area contributed by atoms with Gasteiger partial charge in [-0.15, -0.1) is 0 Å². The highest BCUT2D eigenvalue weighted by atomic mass is 79.9. The highest BCUT2D eigenvalue weighted by Gasteiger charge is 2.19. The first-order chi connectivity index (χ1) is 5.84. The lowest BCUT2D eigenvalue weighted by atomic mass is 9.85. The van der Waals surface area contributed by atoms with Crippen molar-refractivity contribution in [2.45, 2.75) is 33.1 Å². The summed E-state index contributed by atoms with van der Waals surface area (Å²) in [6, 6.07) is 3.95. The summed E-state index contributed by atoms with van der Waals surface area (Å²) in [6.45, 7) is 8.19. The van der Waals surface area contributed by atoms with Crippen LogP contribution in [0.5, 0.6) is 5.75 Å². The first-order valence-electron chi connectivity index (χ1n) is 4.32. The van der Waals surface area contributed by atoms with Gasteiger partial charge in [0.15, 0.2) is 0 Å². The summed E-state index contributed by atoms with van der Waals surface area (Å²) in [5.41, 5.74) is 1.90. The van der Waals surface area contributed by atoms with Gasteiger partial charge in [-0.25, -0.2) is 0 Å². The van der Waals surface area contributed by atoms with Crippen LogP contribution in [0.25, 0.3) is 0 Å². The Labute approximate surface area is 87.9 Å². The van der Waals surface area contributed by atoms with Gasteiger partial charge in [0.05, 0.1) is 0 Å². The van der Waals surface area contributed by atoms with Gasteiger partial charge < -0.3 is 5.11 Å². The van der Waals surface area contributed by atoms with E-state index in [0.29, 0.717) is 5.75 Å². The zero-order chi connectivity index (χ0) is 10.2. The van der Waals surface area contributed by atoms with Crippen molar-refractivity contribution < 1.29 is 5.11 Å². The first kappa shape index (κ1) is 10.6. The third-order valence-electron chi connectivity index (χ3n) is 2.17. The second-order valence-corrected chi connectivity index (χ2v) is 5.17. The molecule has 0 aromatic heterocycles. The van der Waals surface area contributed by atoms with E-state index in [2.05, 4.69) is 36.7 Å². The van der Waals surface area contributed by atoms with Crippen molar-refractivity contribution in [3.8, 4) is 5.75 Å². The Morgan fingerprint density at radius 3 is 2.23 bits per heavy atom. The van der Waals surface area contributed by atoms with Gasteiger partial charge >= 0.3 is 0 Å². The maximum atomic E-state index is 9.88. The fourth-order valence-electron chi connectivity index (χ4n) is 1.28. The Kier molecular flexibility index (Phi) is 2.71. The molecule has 1 aromatic rings. The second kappa shape index (κ2) is 3.33. The molecule has 1 aromatic carbocycles. The summed E-state index contributed by atoms with van der Waals surface area (Å²) >= 11 is 3.39. The molecule has 0 saturated heterocycles. The van der Waals surface area contributed by atoms with Crippen LogP contribution in [0.3, 0.4) is 0 Å². The van der Waals surface area contributed by atoms with E-state index in [1.165, 1.54) is 0 Å². The number of phenols is 1. The van der Waals surface area contributed by atoms with Gasteiger partial charge in [-0.05, 0) is 24.0 Å². The SMILES string of the molecule is Cc1c(Br)ccc(C(C)(C)C)c1O. The molecular weight excluding hydrogens is 228 g/mol. The van der Waals surface area contributed by atoms with Gasteiger partial charge in [-0.2, -0.15) is 0 Å². The lowest BCUT2D eigenvalue weighted by Gasteiger charge is -2.21. The molecule has 0 aliphatic carbocycles. The molecule has 0 atom stereocenters. The summed E-state index contributed by atoms with van der Waals surface area (Å²) in [6.07, 6.45) is 0. The van der Waals surface area contributed by atoms with Crippen LogP contribution < -0.4 is 0 Å². The number of hydrogen-bond acceptors (Lipinski definition) is 1. The molecule has 0 bridgehead atoms. The van der Waals surface area contributed by atoms with Crippen LogP contribution in [-0.2, 0) is 5.41 Å². The van der Waals surface area contributed by atoms with Gasteiger partial charge in [-0.3, -0.25) is 0 Å². The fourth-order valence-corrected chi connectivity index (χ4v) is 1.60. The molecule has 1 N–H and O–H groups in total. The van der Waals surface area contributed by atoms with Crippen molar-refractivity contribution in [1.29, 1.82) is 0 Å². The molecule has 0 spiro atoms. The highest BCUT2D eigenvalue weighted by molar-refractivity contribution is 9.10. The molecule has 2 heteroatoms. The monoisotopic (exact) mass is 242 g/mol. The minimum Gasteiger partial charge on any atom is -0.507 e. The maximum Gasteiger partial charge on any atom is 0.123 e. The van der Waals surface area contributed by atoms with Crippen molar-refractivity contribution in [3.63, 3.8) is 0 Å². The normalized spacial score (nSPS) is 11.8. The molecule has 1 rings (SSSR count). The summed E-state index contributed by atoms with van der Waals surface area (Å²) in [5.74, 6) is 0.405. The molecule has 0 unspecified atom stereocenters. The van der Waals surface area contributed by atoms with Gasteiger partial charge in [0.25, 0.3) is 0 Å².